The summed E-state index contributed by atoms with van der Waals surface area (Å²) in [5, 5.41) is 0. The number of aryl methyl sites for hydroxylation is 1. The molecule has 2 aromatic rings. The van der Waals surface area contributed by atoms with Crippen molar-refractivity contribution in [3.05, 3.63) is 76.5 Å². The molecule has 1 aliphatic heterocycles. The number of nitrogens with zero attached hydrogens (tertiary/aromatic N) is 1. The summed E-state index contributed by atoms with van der Waals surface area (Å²) in [4.78, 5) is 15.9. The van der Waals surface area contributed by atoms with Crippen molar-refractivity contribution in [3.63, 3.8) is 0 Å². The zero-order valence-electron chi connectivity index (χ0n) is 12.6. The van der Waals surface area contributed by atoms with Gasteiger partial charge in [-0.3, -0.25) is 0 Å². The number of carbonyl (C=O) groups excluding carboxylic acids is 1. The number of hydrogen-bond donors (Lipinski definition) is 0. The molecule has 122 valence electrons. The van der Waals surface area contributed by atoms with E-state index in [4.69, 9.17) is 4.74 Å². The van der Waals surface area contributed by atoms with Gasteiger partial charge in [0.1, 0.15) is 0 Å². The number of ether oxygens (including phenoxy) is 1. The van der Waals surface area contributed by atoms with Crippen LogP contribution in [-0.2, 0) is 15.7 Å². The number of halogens is 3. The third-order valence-corrected chi connectivity index (χ3v) is 3.48. The lowest BCUT2D eigenvalue weighted by Gasteiger charge is -2.09. The fraction of sp³-hybridized carbons (Fsp3) is 0.111. The highest BCUT2D eigenvalue weighted by Crippen LogP contribution is 2.33. The first-order chi connectivity index (χ1) is 11.3. The van der Waals surface area contributed by atoms with Crippen LogP contribution >= 0.6 is 0 Å². The Morgan fingerprint density at radius 3 is 2.38 bits per heavy atom. The van der Waals surface area contributed by atoms with Crippen LogP contribution in [0.15, 0.2) is 59.2 Å². The Bertz CT molecular complexity index is 849. The summed E-state index contributed by atoms with van der Waals surface area (Å²) < 4.78 is 44.1. The zero-order valence-corrected chi connectivity index (χ0v) is 12.6. The van der Waals surface area contributed by atoms with Gasteiger partial charge >= 0.3 is 12.1 Å². The Kier molecular flexibility index (Phi) is 3.97. The zero-order chi connectivity index (χ0) is 17.3. The van der Waals surface area contributed by atoms with E-state index in [0.717, 1.165) is 17.7 Å². The summed E-state index contributed by atoms with van der Waals surface area (Å²) in [5.41, 5.74) is 0.484. The Hall–Kier alpha value is -2.89. The van der Waals surface area contributed by atoms with Crippen molar-refractivity contribution in [1.29, 1.82) is 0 Å². The molecule has 0 N–H and O–H groups in total. The molecule has 3 rings (SSSR count). The van der Waals surface area contributed by atoms with Crippen LogP contribution < -0.4 is 0 Å². The van der Waals surface area contributed by atoms with Gasteiger partial charge < -0.3 is 4.74 Å². The first kappa shape index (κ1) is 16.0. The molecule has 1 heterocycles. The van der Waals surface area contributed by atoms with Crippen molar-refractivity contribution in [2.75, 3.05) is 0 Å². The van der Waals surface area contributed by atoms with E-state index in [-0.39, 0.29) is 17.2 Å². The van der Waals surface area contributed by atoms with E-state index in [0.29, 0.717) is 5.56 Å². The number of carbonyl (C=O) groups is 1. The van der Waals surface area contributed by atoms with E-state index in [2.05, 4.69) is 4.99 Å². The molecule has 24 heavy (non-hydrogen) atoms. The van der Waals surface area contributed by atoms with E-state index in [1.165, 1.54) is 18.2 Å². The SMILES string of the molecule is Cc1ccc(C2=NC(=Cc3ccccc3C(F)(F)F)C(=O)O2)cc1. The highest BCUT2D eigenvalue weighted by atomic mass is 19.4. The van der Waals surface area contributed by atoms with Gasteiger partial charge in [0.2, 0.25) is 5.90 Å². The summed E-state index contributed by atoms with van der Waals surface area (Å²) in [7, 11) is 0. The first-order valence-corrected chi connectivity index (χ1v) is 7.10. The second-order valence-electron chi connectivity index (χ2n) is 5.29. The maximum Gasteiger partial charge on any atom is 0.416 e. The lowest BCUT2D eigenvalue weighted by molar-refractivity contribution is -0.137. The molecule has 0 aliphatic carbocycles. The fourth-order valence-corrected chi connectivity index (χ4v) is 2.26. The number of benzene rings is 2. The molecule has 6 heteroatoms. The molecule has 0 saturated heterocycles. The molecule has 3 nitrogen and oxygen atoms in total. The molecular weight excluding hydrogens is 319 g/mol. The smallest absolute Gasteiger partial charge is 0.402 e. The van der Waals surface area contributed by atoms with E-state index in [1.807, 2.05) is 19.1 Å². The van der Waals surface area contributed by atoms with Crippen molar-refractivity contribution in [2.24, 2.45) is 4.99 Å². The van der Waals surface area contributed by atoms with Crippen LogP contribution in [0, 0.1) is 6.92 Å². The Morgan fingerprint density at radius 1 is 1.04 bits per heavy atom. The quantitative estimate of drug-likeness (QED) is 0.606. The predicted octanol–water partition coefficient (Wildman–Crippen LogP) is 4.36. The van der Waals surface area contributed by atoms with Gasteiger partial charge in [0.15, 0.2) is 5.70 Å². The Morgan fingerprint density at radius 2 is 1.71 bits per heavy atom. The summed E-state index contributed by atoms with van der Waals surface area (Å²) in [6.07, 6.45) is -3.42. The van der Waals surface area contributed by atoms with Gasteiger partial charge in [-0.25, -0.2) is 9.79 Å². The van der Waals surface area contributed by atoms with Crippen molar-refractivity contribution in [3.8, 4) is 0 Å². The second-order valence-corrected chi connectivity index (χ2v) is 5.29. The molecular formula is C18H12F3NO2. The predicted molar refractivity (Wildman–Crippen MR) is 83.2 cm³/mol. The van der Waals surface area contributed by atoms with Crippen LogP contribution in [0.3, 0.4) is 0 Å². The molecule has 1 aliphatic rings. The minimum Gasteiger partial charge on any atom is -0.402 e. The third-order valence-electron chi connectivity index (χ3n) is 3.48. The van der Waals surface area contributed by atoms with Crippen LogP contribution in [0.5, 0.6) is 0 Å². The standard InChI is InChI=1S/C18H12F3NO2/c1-11-6-8-12(9-7-11)16-22-15(17(23)24-16)10-13-4-2-3-5-14(13)18(19,20)21/h2-10H,1H3. The molecule has 0 aromatic heterocycles. The molecule has 0 amide bonds. The summed E-state index contributed by atoms with van der Waals surface area (Å²) >= 11 is 0. The van der Waals surface area contributed by atoms with Gasteiger partial charge in [0, 0.05) is 5.56 Å². The highest BCUT2D eigenvalue weighted by molar-refractivity contribution is 6.12. The van der Waals surface area contributed by atoms with E-state index >= 15 is 0 Å². The lowest BCUT2D eigenvalue weighted by atomic mass is 10.1. The number of alkyl halides is 3. The highest BCUT2D eigenvalue weighted by Gasteiger charge is 2.33. The largest absolute Gasteiger partial charge is 0.416 e. The van der Waals surface area contributed by atoms with E-state index in [9.17, 15) is 18.0 Å². The van der Waals surface area contributed by atoms with Gasteiger partial charge in [-0.2, -0.15) is 13.2 Å². The minimum atomic E-state index is -4.51. The summed E-state index contributed by atoms with van der Waals surface area (Å²) in [6.45, 7) is 1.91. The number of aliphatic imine (C=N–C) groups is 1. The lowest BCUT2D eigenvalue weighted by Crippen LogP contribution is -2.08. The van der Waals surface area contributed by atoms with Gasteiger partial charge in [0.05, 0.1) is 5.56 Å². The number of esters is 1. The van der Waals surface area contributed by atoms with Crippen molar-refractivity contribution >= 4 is 17.9 Å². The summed E-state index contributed by atoms with van der Waals surface area (Å²) in [5.74, 6) is -0.696. The van der Waals surface area contributed by atoms with E-state index < -0.39 is 17.7 Å². The molecule has 0 unspecified atom stereocenters. The molecule has 0 atom stereocenters. The molecule has 0 saturated carbocycles. The number of hydrogen-bond acceptors (Lipinski definition) is 3. The minimum absolute atomic E-state index is 0.0794. The number of rotatable bonds is 2. The van der Waals surface area contributed by atoms with Gasteiger partial charge in [-0.1, -0.05) is 35.9 Å². The number of cyclic esters (lactones) is 1. The third kappa shape index (κ3) is 3.22. The first-order valence-electron chi connectivity index (χ1n) is 7.10. The maximum atomic E-state index is 13.0. The monoisotopic (exact) mass is 331 g/mol. The fourth-order valence-electron chi connectivity index (χ4n) is 2.26. The van der Waals surface area contributed by atoms with Gasteiger partial charge in [0.25, 0.3) is 0 Å². The van der Waals surface area contributed by atoms with Crippen LogP contribution in [0.1, 0.15) is 22.3 Å². The molecule has 0 bridgehead atoms. The topological polar surface area (TPSA) is 38.7 Å². The molecule has 0 radical (unpaired) electrons. The van der Waals surface area contributed by atoms with Crippen LogP contribution in [0.4, 0.5) is 13.2 Å². The molecule has 0 spiro atoms. The Labute approximate surface area is 136 Å². The van der Waals surface area contributed by atoms with Gasteiger partial charge in [-0.05, 0) is 36.8 Å². The average molecular weight is 331 g/mol. The maximum absolute atomic E-state index is 13.0. The van der Waals surface area contributed by atoms with Gasteiger partial charge in [-0.15, -0.1) is 0 Å². The normalized spacial score (nSPS) is 16.2. The van der Waals surface area contributed by atoms with Crippen LogP contribution in [0.2, 0.25) is 0 Å². The molecule has 2 aromatic carbocycles. The van der Waals surface area contributed by atoms with Crippen LogP contribution in [-0.4, -0.2) is 11.9 Å². The van der Waals surface area contributed by atoms with Crippen molar-refractivity contribution in [1.82, 2.24) is 0 Å². The molecule has 0 fully saturated rings. The Balaban J connectivity index is 1.99. The van der Waals surface area contributed by atoms with Crippen molar-refractivity contribution < 1.29 is 22.7 Å². The van der Waals surface area contributed by atoms with Crippen molar-refractivity contribution in [2.45, 2.75) is 13.1 Å². The van der Waals surface area contributed by atoms with E-state index in [1.54, 1.807) is 12.1 Å². The average Bonchev–Trinajstić information content (AvgIpc) is 2.88. The van der Waals surface area contributed by atoms with Crippen LogP contribution in [0.25, 0.3) is 6.08 Å². The second kappa shape index (κ2) is 5.96. The summed E-state index contributed by atoms with van der Waals surface area (Å²) in [6, 6.07) is 12.1.